The molecule has 0 radical (unpaired) electrons. The molecule has 8 atom stereocenters. The van der Waals surface area contributed by atoms with Crippen LogP contribution >= 0.6 is 0 Å². The van der Waals surface area contributed by atoms with Crippen molar-refractivity contribution < 1.29 is 68.9 Å². The minimum atomic E-state index is -1.98. The number of hydrogen-bond acceptors (Lipinski definition) is 11. The molecule has 7 N–H and O–H groups in total. The van der Waals surface area contributed by atoms with Gasteiger partial charge < -0.3 is 35.7 Å². The number of halogens is 1. The zero-order chi connectivity index (χ0) is 36.4. The van der Waals surface area contributed by atoms with Gasteiger partial charge in [-0.05, 0) is 56.6 Å². The van der Waals surface area contributed by atoms with Crippen molar-refractivity contribution in [3.63, 3.8) is 0 Å². The summed E-state index contributed by atoms with van der Waals surface area (Å²) in [5.74, 6) is -7.03. The molecule has 0 aromatic carbocycles. The van der Waals surface area contributed by atoms with Crippen LogP contribution in [0.5, 0.6) is 0 Å². The number of ketones is 2. The summed E-state index contributed by atoms with van der Waals surface area (Å²) in [5.41, 5.74) is -5.17. The zero-order valence-electron chi connectivity index (χ0n) is 27.2. The Kier molecular flexibility index (Phi) is 11.7. The van der Waals surface area contributed by atoms with E-state index in [1.165, 1.54) is 12.2 Å². The molecule has 0 heterocycles. The molecule has 3 fully saturated rings. The fourth-order valence-electron chi connectivity index (χ4n) is 8.74. The van der Waals surface area contributed by atoms with E-state index in [2.05, 4.69) is 0 Å². The second kappa shape index (κ2) is 14.5. The molecule has 3 saturated carbocycles. The Morgan fingerprint density at radius 3 is 1.81 bits per heavy atom. The molecule has 0 amide bonds. The topological polar surface area (TPSA) is 251 Å². The molecule has 15 nitrogen and oxygen atoms in total. The maximum atomic E-state index is 16.9. The fraction of sp³-hybridized carbons (Fsp3) is 0.688. The average molecular weight is 685 g/mol. The van der Waals surface area contributed by atoms with Gasteiger partial charge in [0.05, 0.1) is 32.3 Å². The Balaban J connectivity index is 0.000000279. The lowest BCUT2D eigenvalue weighted by molar-refractivity contribution is -0.219. The molecule has 4 aliphatic rings. The Morgan fingerprint density at radius 1 is 0.896 bits per heavy atom. The van der Waals surface area contributed by atoms with Gasteiger partial charge in [0.2, 0.25) is 0 Å². The standard InChI is InChI=1S/C22H29FO5.C10H16N2O8/c1-12-8-16-15-5-4-13-9-14(25)6-7-19(13,2)21(15,23)17(26)10-20(16,3)22(12,28)18(27)11-24;13-7(14)3-11(4-8(15)16)1-2-12(5-9(17)18)6-10(19)20/h6-7,9,12,15-17,24,26,28H,4-5,8,10-11H2,1-3H3;1-6H2,(H,13,14)(H,15,16)(H,17,18)(H,19,20)/t12-,15+,16+,17+,19+,20+,21+,22+;/m1./s1. The number of alkyl halides is 1. The molecular weight excluding hydrogens is 639 g/mol. The second-order valence-corrected chi connectivity index (χ2v) is 13.7. The number of fused-ring (bicyclic) bond motifs is 5. The summed E-state index contributed by atoms with van der Waals surface area (Å²) >= 11 is 0. The number of hydrogen-bond donors (Lipinski definition) is 7. The highest BCUT2D eigenvalue weighted by Crippen LogP contribution is 2.70. The van der Waals surface area contributed by atoms with Crippen LogP contribution < -0.4 is 0 Å². The van der Waals surface area contributed by atoms with Crippen molar-refractivity contribution in [1.29, 1.82) is 0 Å². The van der Waals surface area contributed by atoms with Gasteiger partial charge in [-0.15, -0.1) is 0 Å². The van der Waals surface area contributed by atoms with E-state index in [0.717, 1.165) is 9.80 Å². The first-order valence-corrected chi connectivity index (χ1v) is 15.7. The van der Waals surface area contributed by atoms with Crippen molar-refractivity contribution in [2.24, 2.45) is 28.6 Å². The van der Waals surface area contributed by atoms with Crippen molar-refractivity contribution in [2.45, 2.75) is 63.8 Å². The van der Waals surface area contributed by atoms with Crippen LogP contribution in [0, 0.1) is 28.6 Å². The van der Waals surface area contributed by atoms with Gasteiger partial charge in [0.1, 0.15) is 12.2 Å². The third-order valence-corrected chi connectivity index (χ3v) is 11.0. The minimum absolute atomic E-state index is 0.0676. The van der Waals surface area contributed by atoms with Gasteiger partial charge in [-0.1, -0.05) is 25.5 Å². The zero-order valence-corrected chi connectivity index (χ0v) is 27.2. The summed E-state index contributed by atoms with van der Waals surface area (Å²) in [5, 5.41) is 66.4. The Hall–Kier alpha value is -3.57. The Labute approximate surface area is 276 Å². The number of aliphatic hydroxyl groups is 3. The van der Waals surface area contributed by atoms with Gasteiger partial charge in [-0.3, -0.25) is 38.6 Å². The molecule has 48 heavy (non-hydrogen) atoms. The van der Waals surface area contributed by atoms with Crippen molar-refractivity contribution in [3.05, 3.63) is 23.8 Å². The lowest BCUT2D eigenvalue weighted by atomic mass is 9.44. The van der Waals surface area contributed by atoms with E-state index in [1.54, 1.807) is 26.8 Å². The number of carbonyl (C=O) groups excluding carboxylic acids is 2. The molecule has 4 rings (SSSR count). The number of Topliss-reactive ketones (excluding diaryl/α,β-unsaturated/α-hetero) is 1. The van der Waals surface area contributed by atoms with Gasteiger partial charge in [0.25, 0.3) is 0 Å². The lowest BCUT2D eigenvalue weighted by Crippen LogP contribution is -2.69. The third kappa shape index (κ3) is 7.08. The molecule has 0 aliphatic heterocycles. The van der Waals surface area contributed by atoms with Crippen LogP contribution in [0.25, 0.3) is 0 Å². The predicted molar refractivity (Wildman–Crippen MR) is 163 cm³/mol. The van der Waals surface area contributed by atoms with E-state index in [9.17, 15) is 44.1 Å². The number of rotatable bonds is 13. The maximum absolute atomic E-state index is 16.9. The van der Waals surface area contributed by atoms with Gasteiger partial charge in [-0.2, -0.15) is 0 Å². The Morgan fingerprint density at radius 2 is 1.38 bits per heavy atom. The van der Waals surface area contributed by atoms with Crippen molar-refractivity contribution in [2.75, 3.05) is 45.9 Å². The largest absolute Gasteiger partial charge is 0.480 e. The molecule has 0 unspecified atom stereocenters. The van der Waals surface area contributed by atoms with Crippen molar-refractivity contribution in [3.8, 4) is 0 Å². The van der Waals surface area contributed by atoms with E-state index in [1.807, 2.05) is 0 Å². The quantitative estimate of drug-likeness (QED) is 0.133. The number of allylic oxidation sites excluding steroid dienone is 4. The summed E-state index contributed by atoms with van der Waals surface area (Å²) in [7, 11) is 0. The van der Waals surface area contributed by atoms with Crippen LogP contribution in [0.15, 0.2) is 23.8 Å². The summed E-state index contributed by atoms with van der Waals surface area (Å²) < 4.78 is 16.9. The normalized spacial score (nSPS) is 35.1. The van der Waals surface area contributed by atoms with E-state index in [-0.39, 0.29) is 31.2 Å². The number of carboxylic acids is 4. The van der Waals surface area contributed by atoms with Crippen molar-refractivity contribution in [1.82, 2.24) is 9.80 Å². The number of aliphatic carboxylic acids is 4. The van der Waals surface area contributed by atoms with Crippen LogP contribution in [0.2, 0.25) is 0 Å². The molecular formula is C32H45FN2O13. The highest BCUT2D eigenvalue weighted by atomic mass is 19.1. The summed E-state index contributed by atoms with van der Waals surface area (Å²) in [6.07, 6.45) is 4.44. The molecule has 0 spiro atoms. The maximum Gasteiger partial charge on any atom is 0.317 e. The van der Waals surface area contributed by atoms with Crippen LogP contribution in [-0.4, -0.2) is 144 Å². The van der Waals surface area contributed by atoms with E-state index < -0.39 is 102 Å². The molecule has 0 saturated heterocycles. The first-order chi connectivity index (χ1) is 22.2. The van der Waals surface area contributed by atoms with Crippen LogP contribution in [0.1, 0.15) is 46.5 Å². The Bertz CT molecular complexity index is 1320. The lowest BCUT2D eigenvalue weighted by Gasteiger charge is -2.62. The summed E-state index contributed by atoms with van der Waals surface area (Å²) in [6.45, 7) is 2.23. The van der Waals surface area contributed by atoms with Crippen LogP contribution in [0.4, 0.5) is 4.39 Å². The number of carbonyl (C=O) groups is 6. The van der Waals surface area contributed by atoms with E-state index >= 15 is 4.39 Å². The van der Waals surface area contributed by atoms with Crippen LogP contribution in [0.3, 0.4) is 0 Å². The molecule has 0 aromatic heterocycles. The first-order valence-electron chi connectivity index (χ1n) is 15.7. The number of aliphatic hydroxyl groups excluding tert-OH is 2. The van der Waals surface area contributed by atoms with E-state index in [0.29, 0.717) is 24.8 Å². The summed E-state index contributed by atoms with van der Waals surface area (Å²) in [6, 6.07) is 0. The van der Waals surface area contributed by atoms with Crippen LogP contribution in [-0.2, 0) is 28.8 Å². The number of nitrogens with zero attached hydrogens (tertiary/aromatic N) is 2. The smallest absolute Gasteiger partial charge is 0.317 e. The monoisotopic (exact) mass is 684 g/mol. The van der Waals surface area contributed by atoms with Gasteiger partial charge in [0, 0.05) is 29.8 Å². The summed E-state index contributed by atoms with van der Waals surface area (Å²) in [4.78, 5) is 68.7. The predicted octanol–water partition coefficient (Wildman–Crippen LogP) is -0.175. The van der Waals surface area contributed by atoms with Crippen molar-refractivity contribution >= 4 is 35.4 Å². The first kappa shape index (κ1) is 38.9. The minimum Gasteiger partial charge on any atom is -0.480 e. The third-order valence-electron chi connectivity index (χ3n) is 11.0. The molecule has 268 valence electrons. The van der Waals surface area contributed by atoms with Gasteiger partial charge in [0.15, 0.2) is 17.2 Å². The average Bonchev–Trinajstić information content (AvgIpc) is 3.17. The highest BCUT2D eigenvalue weighted by Gasteiger charge is 2.75. The highest BCUT2D eigenvalue weighted by molar-refractivity contribution is 6.01. The molecule has 0 bridgehead atoms. The molecule has 4 aliphatic carbocycles. The molecule has 16 heteroatoms. The van der Waals surface area contributed by atoms with Gasteiger partial charge in [-0.25, -0.2) is 4.39 Å². The fourth-order valence-corrected chi connectivity index (χ4v) is 8.74. The number of carboxylic acid groups (broad SMARTS) is 4. The SMILES string of the molecule is C[C@@H]1C[C@H]2[C@@H]3CCC4=CC(=O)C=C[C@]4(C)[C@@]3(F)[C@@H](O)C[C@]2(C)[C@@]1(O)C(=O)CO.O=C(O)CN(CCN(CC(=O)O)CC(=O)O)CC(=O)O. The van der Waals surface area contributed by atoms with Gasteiger partial charge >= 0.3 is 23.9 Å². The second-order valence-electron chi connectivity index (χ2n) is 13.7. The molecule has 0 aromatic rings. The van der Waals surface area contributed by atoms with E-state index in [4.69, 9.17) is 20.4 Å².